The number of rotatable bonds is 2. The molecule has 0 N–H and O–H groups in total. The zero-order chi connectivity index (χ0) is 13.3. The molecule has 2 aromatic rings. The van der Waals surface area contributed by atoms with Crippen molar-refractivity contribution >= 4 is 11.6 Å². The van der Waals surface area contributed by atoms with Gasteiger partial charge in [-0.15, -0.1) is 11.6 Å². The molecule has 0 aliphatic rings. The fourth-order valence-electron chi connectivity index (χ4n) is 2.32. The van der Waals surface area contributed by atoms with Crippen LogP contribution in [0.4, 0.5) is 0 Å². The molecule has 0 saturated carbocycles. The van der Waals surface area contributed by atoms with Gasteiger partial charge in [-0.3, -0.25) is 0 Å². The van der Waals surface area contributed by atoms with Crippen molar-refractivity contribution < 1.29 is 0 Å². The van der Waals surface area contributed by atoms with Crippen LogP contribution < -0.4 is 0 Å². The van der Waals surface area contributed by atoms with Gasteiger partial charge in [0.15, 0.2) is 0 Å². The van der Waals surface area contributed by atoms with E-state index in [2.05, 4.69) is 64.1 Å². The molecule has 0 aromatic heterocycles. The van der Waals surface area contributed by atoms with Crippen molar-refractivity contribution in [3.63, 3.8) is 0 Å². The first-order chi connectivity index (χ1) is 8.50. The molecule has 0 aliphatic heterocycles. The smallest absolute Gasteiger partial charge is 0.0840 e. The van der Waals surface area contributed by atoms with Gasteiger partial charge >= 0.3 is 0 Å². The van der Waals surface area contributed by atoms with E-state index in [-0.39, 0.29) is 5.38 Å². The van der Waals surface area contributed by atoms with Crippen molar-refractivity contribution in [1.29, 1.82) is 0 Å². The number of halogens is 1. The highest BCUT2D eigenvalue weighted by molar-refractivity contribution is 6.22. The van der Waals surface area contributed by atoms with Crippen LogP contribution in [0.5, 0.6) is 0 Å². The van der Waals surface area contributed by atoms with Gasteiger partial charge in [-0.25, -0.2) is 0 Å². The van der Waals surface area contributed by atoms with Crippen LogP contribution in [-0.4, -0.2) is 0 Å². The third-order valence-electron chi connectivity index (χ3n) is 3.62. The Morgan fingerprint density at radius 2 is 1.39 bits per heavy atom. The van der Waals surface area contributed by atoms with E-state index in [4.69, 9.17) is 11.6 Å². The molecule has 0 spiro atoms. The summed E-state index contributed by atoms with van der Waals surface area (Å²) in [6, 6.07) is 12.8. The molecule has 2 rings (SSSR count). The maximum absolute atomic E-state index is 6.67. The van der Waals surface area contributed by atoms with Crippen LogP contribution in [0.3, 0.4) is 0 Å². The van der Waals surface area contributed by atoms with Gasteiger partial charge in [-0.1, -0.05) is 36.4 Å². The summed E-state index contributed by atoms with van der Waals surface area (Å²) in [4.78, 5) is 0. The van der Waals surface area contributed by atoms with Crippen LogP contribution in [0.1, 0.15) is 38.8 Å². The zero-order valence-corrected chi connectivity index (χ0v) is 12.2. The van der Waals surface area contributed by atoms with Gasteiger partial charge in [0.1, 0.15) is 0 Å². The Kier molecular flexibility index (Phi) is 3.77. The zero-order valence-electron chi connectivity index (χ0n) is 11.4. The summed E-state index contributed by atoms with van der Waals surface area (Å²) in [5.41, 5.74) is 7.54. The van der Waals surface area contributed by atoms with E-state index in [1.165, 1.54) is 33.4 Å². The van der Waals surface area contributed by atoms with Gasteiger partial charge < -0.3 is 0 Å². The lowest BCUT2D eigenvalue weighted by Gasteiger charge is -2.17. The minimum Gasteiger partial charge on any atom is -0.113 e. The fraction of sp³-hybridized carbons (Fsp3) is 0.294. The minimum atomic E-state index is -0.0644. The molecule has 94 valence electrons. The Bertz CT molecular complexity index is 550. The lowest BCUT2D eigenvalue weighted by molar-refractivity contribution is 1.07. The highest BCUT2D eigenvalue weighted by Gasteiger charge is 2.15. The Balaban J connectivity index is 2.48. The third kappa shape index (κ3) is 2.44. The van der Waals surface area contributed by atoms with Crippen LogP contribution in [0, 0.1) is 27.7 Å². The Morgan fingerprint density at radius 1 is 0.778 bits per heavy atom. The SMILES string of the molecule is Cc1ccc(C(Cl)c2c(C)cccc2C)cc1C. The average molecular weight is 259 g/mol. The number of benzene rings is 2. The van der Waals surface area contributed by atoms with Crippen molar-refractivity contribution in [2.45, 2.75) is 33.1 Å². The van der Waals surface area contributed by atoms with Crippen molar-refractivity contribution in [1.82, 2.24) is 0 Å². The average Bonchev–Trinajstić information content (AvgIpc) is 2.32. The van der Waals surface area contributed by atoms with Crippen LogP contribution in [-0.2, 0) is 0 Å². The van der Waals surface area contributed by atoms with Crippen LogP contribution >= 0.6 is 11.6 Å². The van der Waals surface area contributed by atoms with Gasteiger partial charge in [0.05, 0.1) is 5.38 Å². The summed E-state index contributed by atoms with van der Waals surface area (Å²) >= 11 is 6.67. The van der Waals surface area contributed by atoms with Crippen LogP contribution in [0.25, 0.3) is 0 Å². The van der Waals surface area contributed by atoms with E-state index < -0.39 is 0 Å². The molecule has 1 atom stereocenters. The lowest BCUT2D eigenvalue weighted by Crippen LogP contribution is -2.00. The molecule has 0 heterocycles. The molecule has 1 heteroatoms. The molecule has 0 fully saturated rings. The second-order valence-corrected chi connectivity index (χ2v) is 5.45. The Morgan fingerprint density at radius 3 is 1.94 bits per heavy atom. The number of hydrogen-bond donors (Lipinski definition) is 0. The minimum absolute atomic E-state index is 0.0644. The molecule has 0 aliphatic carbocycles. The Labute approximate surface area is 115 Å². The first kappa shape index (κ1) is 13.2. The second kappa shape index (κ2) is 5.16. The predicted molar refractivity (Wildman–Crippen MR) is 79.5 cm³/mol. The predicted octanol–water partition coefficient (Wildman–Crippen LogP) is 5.25. The maximum atomic E-state index is 6.67. The largest absolute Gasteiger partial charge is 0.113 e. The second-order valence-electron chi connectivity index (χ2n) is 5.01. The topological polar surface area (TPSA) is 0 Å². The number of aryl methyl sites for hydroxylation is 4. The lowest BCUT2D eigenvalue weighted by atomic mass is 9.94. The van der Waals surface area contributed by atoms with Gasteiger partial charge in [0, 0.05) is 0 Å². The molecular weight excluding hydrogens is 240 g/mol. The molecule has 2 aromatic carbocycles. The molecule has 0 radical (unpaired) electrons. The molecule has 0 amide bonds. The molecule has 0 nitrogen and oxygen atoms in total. The quantitative estimate of drug-likeness (QED) is 0.646. The standard InChI is InChI=1S/C17H19Cl/c1-11-8-9-15(10-14(11)4)17(18)16-12(2)6-5-7-13(16)3/h5-10,17H,1-4H3. The monoisotopic (exact) mass is 258 g/mol. The summed E-state index contributed by atoms with van der Waals surface area (Å²) in [6.07, 6.45) is 0. The van der Waals surface area contributed by atoms with E-state index >= 15 is 0 Å². The van der Waals surface area contributed by atoms with Crippen molar-refractivity contribution in [3.8, 4) is 0 Å². The molecular formula is C17H19Cl. The van der Waals surface area contributed by atoms with E-state index in [0.717, 1.165) is 0 Å². The normalized spacial score (nSPS) is 12.5. The van der Waals surface area contributed by atoms with Crippen LogP contribution in [0.2, 0.25) is 0 Å². The number of alkyl halides is 1. The van der Waals surface area contributed by atoms with Gasteiger partial charge in [-0.05, 0) is 61.1 Å². The summed E-state index contributed by atoms with van der Waals surface area (Å²) in [7, 11) is 0. The molecule has 0 bridgehead atoms. The first-order valence-electron chi connectivity index (χ1n) is 6.28. The van der Waals surface area contributed by atoms with Crippen molar-refractivity contribution in [2.24, 2.45) is 0 Å². The third-order valence-corrected chi connectivity index (χ3v) is 4.09. The van der Waals surface area contributed by atoms with Gasteiger partial charge in [0.25, 0.3) is 0 Å². The van der Waals surface area contributed by atoms with Crippen LogP contribution in [0.15, 0.2) is 36.4 Å². The first-order valence-corrected chi connectivity index (χ1v) is 6.71. The van der Waals surface area contributed by atoms with E-state index in [1.54, 1.807) is 0 Å². The Hall–Kier alpha value is -1.27. The van der Waals surface area contributed by atoms with Gasteiger partial charge in [0.2, 0.25) is 0 Å². The van der Waals surface area contributed by atoms with Crippen molar-refractivity contribution in [2.75, 3.05) is 0 Å². The van der Waals surface area contributed by atoms with E-state index in [0.29, 0.717) is 0 Å². The maximum Gasteiger partial charge on any atom is 0.0840 e. The molecule has 1 unspecified atom stereocenters. The number of hydrogen-bond acceptors (Lipinski definition) is 0. The van der Waals surface area contributed by atoms with Crippen molar-refractivity contribution in [3.05, 3.63) is 69.8 Å². The van der Waals surface area contributed by atoms with Gasteiger partial charge in [-0.2, -0.15) is 0 Å². The summed E-state index contributed by atoms with van der Waals surface area (Å²) < 4.78 is 0. The summed E-state index contributed by atoms with van der Waals surface area (Å²) in [5, 5.41) is -0.0644. The summed E-state index contributed by atoms with van der Waals surface area (Å²) in [6.45, 7) is 8.51. The summed E-state index contributed by atoms with van der Waals surface area (Å²) in [5.74, 6) is 0. The highest BCUT2D eigenvalue weighted by Crippen LogP contribution is 2.33. The fourth-order valence-corrected chi connectivity index (χ4v) is 2.80. The molecule has 0 saturated heterocycles. The van der Waals surface area contributed by atoms with E-state index in [1.807, 2.05) is 0 Å². The molecule has 18 heavy (non-hydrogen) atoms. The highest BCUT2D eigenvalue weighted by atomic mass is 35.5. The van der Waals surface area contributed by atoms with E-state index in [9.17, 15) is 0 Å².